The Kier molecular flexibility index (Phi) is 3.22. The Labute approximate surface area is 119 Å². The fraction of sp³-hybridized carbons (Fsp3) is 0. The Bertz CT molecular complexity index is 896. The van der Waals surface area contributed by atoms with Gasteiger partial charge in [-0.25, -0.2) is 0 Å². The van der Waals surface area contributed by atoms with Gasteiger partial charge >= 0.3 is 0 Å². The highest BCUT2D eigenvalue weighted by Gasteiger charge is 2.03. The number of nitrogens with zero attached hydrogens (tertiary/aromatic N) is 3. The number of hydrogen-bond acceptors (Lipinski definition) is 4. The van der Waals surface area contributed by atoms with E-state index in [9.17, 15) is 4.79 Å². The predicted octanol–water partition coefficient (Wildman–Crippen LogP) is 2.34. The maximum absolute atomic E-state index is 12.3. The quantitative estimate of drug-likeness (QED) is 0.579. The summed E-state index contributed by atoms with van der Waals surface area (Å²) in [5.74, 6) is 0. The molecule has 1 N–H and O–H groups in total. The van der Waals surface area contributed by atoms with Crippen LogP contribution in [0.15, 0.2) is 58.7 Å². The Morgan fingerprint density at radius 2 is 2.10 bits per heavy atom. The molecule has 0 amide bonds. The molecular formula is C14H10N4OS. The molecule has 0 spiro atoms. The van der Waals surface area contributed by atoms with Gasteiger partial charge in [-0.15, -0.1) is 0 Å². The fourth-order valence-electron chi connectivity index (χ4n) is 1.83. The van der Waals surface area contributed by atoms with Gasteiger partial charge in [0.25, 0.3) is 5.56 Å². The van der Waals surface area contributed by atoms with Gasteiger partial charge in [-0.1, -0.05) is 18.2 Å². The SMILES string of the molecule is O=c1c2ccccc2[nH]c(=S)n1/N=C\c1cccnc1. The summed E-state index contributed by atoms with van der Waals surface area (Å²) in [6.45, 7) is 0. The minimum atomic E-state index is -0.246. The third-order valence-electron chi connectivity index (χ3n) is 2.79. The first kappa shape index (κ1) is 12.4. The van der Waals surface area contributed by atoms with Gasteiger partial charge in [0.15, 0.2) is 0 Å². The van der Waals surface area contributed by atoms with Crippen LogP contribution in [0.25, 0.3) is 10.9 Å². The monoisotopic (exact) mass is 282 g/mol. The lowest BCUT2D eigenvalue weighted by Gasteiger charge is -2.02. The van der Waals surface area contributed by atoms with Gasteiger partial charge in [0.05, 0.1) is 17.1 Å². The van der Waals surface area contributed by atoms with Crippen molar-refractivity contribution in [3.8, 4) is 0 Å². The molecule has 0 saturated carbocycles. The van der Waals surface area contributed by atoms with Crippen molar-refractivity contribution in [1.82, 2.24) is 14.6 Å². The van der Waals surface area contributed by atoms with Crippen LogP contribution in [0.4, 0.5) is 0 Å². The molecule has 98 valence electrons. The van der Waals surface area contributed by atoms with E-state index in [0.717, 1.165) is 5.56 Å². The largest absolute Gasteiger partial charge is 0.330 e. The van der Waals surface area contributed by atoms with Crippen LogP contribution in [0.5, 0.6) is 0 Å². The van der Waals surface area contributed by atoms with E-state index in [4.69, 9.17) is 12.2 Å². The number of nitrogens with one attached hydrogen (secondary N) is 1. The van der Waals surface area contributed by atoms with Crippen molar-refractivity contribution < 1.29 is 0 Å². The average Bonchev–Trinajstić information content (AvgIpc) is 2.48. The molecule has 2 aromatic heterocycles. The van der Waals surface area contributed by atoms with Crippen LogP contribution in [-0.2, 0) is 0 Å². The first-order valence-electron chi connectivity index (χ1n) is 5.94. The van der Waals surface area contributed by atoms with E-state index in [2.05, 4.69) is 15.1 Å². The van der Waals surface area contributed by atoms with Crippen LogP contribution in [0, 0.1) is 4.77 Å². The summed E-state index contributed by atoms with van der Waals surface area (Å²) >= 11 is 5.16. The Morgan fingerprint density at radius 1 is 1.25 bits per heavy atom. The molecule has 1 aromatic carbocycles. The summed E-state index contributed by atoms with van der Waals surface area (Å²) in [5.41, 5.74) is 1.25. The molecule has 0 aliphatic rings. The number of rotatable bonds is 2. The molecule has 0 fully saturated rings. The lowest BCUT2D eigenvalue weighted by molar-refractivity contribution is 0.799. The summed E-state index contributed by atoms with van der Waals surface area (Å²) < 4.78 is 1.43. The number of fused-ring (bicyclic) bond motifs is 1. The van der Waals surface area contributed by atoms with E-state index < -0.39 is 0 Å². The van der Waals surface area contributed by atoms with Gasteiger partial charge in [-0.05, 0) is 30.4 Å². The number of hydrogen-bond donors (Lipinski definition) is 1. The van der Waals surface area contributed by atoms with E-state index >= 15 is 0 Å². The zero-order valence-electron chi connectivity index (χ0n) is 10.4. The molecule has 0 aliphatic carbocycles. The number of H-pyrrole nitrogens is 1. The van der Waals surface area contributed by atoms with Crippen LogP contribution in [0.1, 0.15) is 5.56 Å². The van der Waals surface area contributed by atoms with Crippen LogP contribution in [0.3, 0.4) is 0 Å². The molecule has 0 atom stereocenters. The maximum Gasteiger partial charge on any atom is 0.282 e. The van der Waals surface area contributed by atoms with Crippen LogP contribution >= 0.6 is 12.2 Å². The Balaban J connectivity index is 2.15. The molecular weight excluding hydrogens is 272 g/mol. The van der Waals surface area contributed by atoms with Crippen molar-refractivity contribution in [3.05, 3.63) is 69.5 Å². The molecule has 3 aromatic rings. The van der Waals surface area contributed by atoms with E-state index in [0.29, 0.717) is 10.9 Å². The normalized spacial score (nSPS) is 11.2. The minimum Gasteiger partial charge on any atom is -0.330 e. The fourth-order valence-corrected chi connectivity index (χ4v) is 2.07. The molecule has 2 heterocycles. The highest BCUT2D eigenvalue weighted by Crippen LogP contribution is 2.05. The van der Waals surface area contributed by atoms with E-state index in [-0.39, 0.29) is 10.3 Å². The van der Waals surface area contributed by atoms with Gasteiger partial charge in [0, 0.05) is 18.0 Å². The third-order valence-corrected chi connectivity index (χ3v) is 3.07. The van der Waals surface area contributed by atoms with E-state index in [1.54, 1.807) is 36.8 Å². The van der Waals surface area contributed by atoms with E-state index in [1.165, 1.54) is 4.68 Å². The molecule has 3 rings (SSSR count). The number of para-hydroxylation sites is 1. The lowest BCUT2D eigenvalue weighted by Crippen LogP contribution is -2.18. The molecule has 0 unspecified atom stereocenters. The summed E-state index contributed by atoms with van der Waals surface area (Å²) in [6, 6.07) is 10.8. The van der Waals surface area contributed by atoms with Crippen molar-refractivity contribution in [2.75, 3.05) is 0 Å². The van der Waals surface area contributed by atoms with E-state index in [1.807, 2.05) is 18.2 Å². The Hall–Kier alpha value is -2.60. The highest BCUT2D eigenvalue weighted by atomic mass is 32.1. The standard InChI is InChI=1S/C14H10N4OS/c19-13-11-5-1-2-6-12(11)17-14(20)18(13)16-9-10-4-3-7-15-8-10/h1-9H,(H,17,20)/b16-9-. The predicted molar refractivity (Wildman–Crippen MR) is 80.6 cm³/mol. The first-order chi connectivity index (χ1) is 9.75. The van der Waals surface area contributed by atoms with Crippen molar-refractivity contribution in [2.45, 2.75) is 0 Å². The number of aromatic amines is 1. The molecule has 0 aliphatic heterocycles. The summed E-state index contributed by atoms with van der Waals surface area (Å²) in [4.78, 5) is 19.3. The van der Waals surface area contributed by atoms with Crippen molar-refractivity contribution in [2.24, 2.45) is 5.10 Å². The van der Waals surface area contributed by atoms with Gasteiger partial charge in [0.2, 0.25) is 4.77 Å². The van der Waals surface area contributed by atoms with Crippen molar-refractivity contribution in [1.29, 1.82) is 0 Å². The summed E-state index contributed by atoms with van der Waals surface area (Å²) in [6.07, 6.45) is 4.88. The zero-order chi connectivity index (χ0) is 13.9. The molecule has 5 nitrogen and oxygen atoms in total. The second-order valence-corrected chi connectivity index (χ2v) is 4.51. The van der Waals surface area contributed by atoms with Gasteiger partial charge in [0.1, 0.15) is 0 Å². The van der Waals surface area contributed by atoms with Crippen LogP contribution in [-0.4, -0.2) is 20.9 Å². The second-order valence-electron chi connectivity index (χ2n) is 4.12. The summed E-state index contributed by atoms with van der Waals surface area (Å²) in [5, 5.41) is 4.68. The first-order valence-corrected chi connectivity index (χ1v) is 6.35. The van der Waals surface area contributed by atoms with Crippen LogP contribution in [0.2, 0.25) is 0 Å². The highest BCUT2D eigenvalue weighted by molar-refractivity contribution is 7.71. The van der Waals surface area contributed by atoms with Gasteiger partial charge < -0.3 is 4.98 Å². The molecule has 0 radical (unpaired) electrons. The van der Waals surface area contributed by atoms with Crippen molar-refractivity contribution in [3.63, 3.8) is 0 Å². The number of benzene rings is 1. The molecule has 20 heavy (non-hydrogen) atoms. The maximum atomic E-state index is 12.3. The van der Waals surface area contributed by atoms with Gasteiger partial charge in [-0.2, -0.15) is 9.78 Å². The number of aromatic nitrogens is 3. The third kappa shape index (κ3) is 2.28. The smallest absolute Gasteiger partial charge is 0.282 e. The Morgan fingerprint density at radius 3 is 2.90 bits per heavy atom. The molecule has 0 bridgehead atoms. The minimum absolute atomic E-state index is 0.246. The second kappa shape index (κ2) is 5.18. The zero-order valence-corrected chi connectivity index (χ0v) is 11.2. The number of pyridine rings is 1. The summed E-state index contributed by atoms with van der Waals surface area (Å²) in [7, 11) is 0. The van der Waals surface area contributed by atoms with Crippen molar-refractivity contribution >= 4 is 29.3 Å². The lowest BCUT2D eigenvalue weighted by atomic mass is 10.2. The molecule has 6 heteroatoms. The van der Waals surface area contributed by atoms with Crippen LogP contribution < -0.4 is 5.56 Å². The molecule has 0 saturated heterocycles. The topological polar surface area (TPSA) is 63.0 Å². The average molecular weight is 282 g/mol. The van der Waals surface area contributed by atoms with Gasteiger partial charge in [-0.3, -0.25) is 9.78 Å².